The Labute approximate surface area is 114 Å². The van der Waals surface area contributed by atoms with Crippen LogP contribution in [-0.2, 0) is 6.61 Å². The molecule has 0 N–H and O–H groups in total. The second-order valence-corrected chi connectivity index (χ2v) is 4.59. The van der Waals surface area contributed by atoms with E-state index in [0.29, 0.717) is 12.5 Å². The predicted octanol–water partition coefficient (Wildman–Crippen LogP) is 3.27. The van der Waals surface area contributed by atoms with Gasteiger partial charge in [-0.1, -0.05) is 12.1 Å². The van der Waals surface area contributed by atoms with E-state index in [1.165, 1.54) is 0 Å². The highest BCUT2D eigenvalue weighted by Crippen LogP contribution is 2.18. The maximum atomic E-state index is 5.64. The molecule has 0 saturated carbocycles. The van der Waals surface area contributed by atoms with Gasteiger partial charge in [0.05, 0.1) is 10.7 Å². The average molecular weight is 341 g/mol. The first-order chi connectivity index (χ1) is 8.29. The minimum Gasteiger partial charge on any atom is -0.497 e. The number of nitrogens with zero attached hydrogens (tertiary/aromatic N) is 1. The Balaban J connectivity index is 2.00. The predicted molar refractivity (Wildman–Crippen MR) is 74.3 cm³/mol. The number of ether oxygens (including phenoxy) is 2. The summed E-state index contributed by atoms with van der Waals surface area (Å²) in [7, 11) is 1.65. The molecule has 0 bridgehead atoms. The van der Waals surface area contributed by atoms with E-state index in [4.69, 9.17) is 9.47 Å². The Morgan fingerprint density at radius 2 is 1.94 bits per heavy atom. The Hall–Kier alpha value is -1.30. The molecule has 0 aliphatic heterocycles. The van der Waals surface area contributed by atoms with Crippen molar-refractivity contribution in [1.82, 2.24) is 4.98 Å². The quantitative estimate of drug-likeness (QED) is 0.800. The maximum Gasteiger partial charge on any atom is 0.227 e. The van der Waals surface area contributed by atoms with Gasteiger partial charge in [-0.2, -0.15) is 0 Å². The Morgan fingerprint density at radius 3 is 2.59 bits per heavy atom. The Bertz CT molecular complexity index is 485. The fourth-order valence-electron chi connectivity index (χ4n) is 1.35. The molecule has 0 saturated heterocycles. The summed E-state index contributed by atoms with van der Waals surface area (Å²) in [6, 6.07) is 11.7. The molecule has 2 aromatic rings. The highest BCUT2D eigenvalue weighted by molar-refractivity contribution is 14.1. The standard InChI is InChI=1S/C13H12INO2/c1-16-11-6-4-10(5-7-11)9-17-13-12(14)3-2-8-15-13/h2-8H,9H2,1H3. The fourth-order valence-corrected chi connectivity index (χ4v) is 1.85. The molecular weight excluding hydrogens is 329 g/mol. The third-order valence-corrected chi connectivity index (χ3v) is 3.08. The Morgan fingerprint density at radius 1 is 1.18 bits per heavy atom. The first kappa shape index (κ1) is 12.2. The van der Waals surface area contributed by atoms with Crippen LogP contribution in [0.4, 0.5) is 0 Å². The van der Waals surface area contributed by atoms with Crippen LogP contribution in [0, 0.1) is 3.57 Å². The lowest BCUT2D eigenvalue weighted by atomic mass is 10.2. The van der Waals surface area contributed by atoms with E-state index in [-0.39, 0.29) is 0 Å². The van der Waals surface area contributed by atoms with Gasteiger partial charge in [0, 0.05) is 6.20 Å². The van der Waals surface area contributed by atoms with Crippen molar-refractivity contribution in [2.45, 2.75) is 6.61 Å². The molecule has 0 unspecified atom stereocenters. The molecule has 0 spiro atoms. The van der Waals surface area contributed by atoms with Crippen LogP contribution in [0.2, 0.25) is 0 Å². The smallest absolute Gasteiger partial charge is 0.227 e. The summed E-state index contributed by atoms with van der Waals surface area (Å²) in [5, 5.41) is 0. The monoisotopic (exact) mass is 341 g/mol. The fraction of sp³-hybridized carbons (Fsp3) is 0.154. The van der Waals surface area contributed by atoms with Crippen molar-refractivity contribution in [1.29, 1.82) is 0 Å². The average Bonchev–Trinajstić information content (AvgIpc) is 2.38. The molecule has 3 nitrogen and oxygen atoms in total. The van der Waals surface area contributed by atoms with Crippen molar-refractivity contribution >= 4 is 22.6 Å². The number of halogens is 1. The van der Waals surface area contributed by atoms with E-state index >= 15 is 0 Å². The largest absolute Gasteiger partial charge is 0.497 e. The van der Waals surface area contributed by atoms with Gasteiger partial charge < -0.3 is 9.47 Å². The molecule has 0 aliphatic rings. The van der Waals surface area contributed by atoms with E-state index in [9.17, 15) is 0 Å². The van der Waals surface area contributed by atoms with E-state index in [0.717, 1.165) is 14.9 Å². The summed E-state index contributed by atoms with van der Waals surface area (Å²) < 4.78 is 11.7. The highest BCUT2D eigenvalue weighted by Gasteiger charge is 2.01. The van der Waals surface area contributed by atoms with Crippen LogP contribution in [0.3, 0.4) is 0 Å². The molecule has 1 aromatic heterocycles. The minimum absolute atomic E-state index is 0.511. The second kappa shape index (κ2) is 5.86. The van der Waals surface area contributed by atoms with E-state index in [2.05, 4.69) is 27.6 Å². The van der Waals surface area contributed by atoms with E-state index in [1.807, 2.05) is 36.4 Å². The van der Waals surface area contributed by atoms with E-state index < -0.39 is 0 Å². The molecule has 0 atom stereocenters. The number of benzene rings is 1. The molecule has 1 aromatic carbocycles. The number of rotatable bonds is 4. The van der Waals surface area contributed by atoms with Gasteiger partial charge in [0.25, 0.3) is 0 Å². The van der Waals surface area contributed by atoms with Crippen molar-refractivity contribution < 1.29 is 9.47 Å². The number of hydrogen-bond acceptors (Lipinski definition) is 3. The van der Waals surface area contributed by atoms with Crippen molar-refractivity contribution in [3.8, 4) is 11.6 Å². The van der Waals surface area contributed by atoms with Crippen LogP contribution in [-0.4, -0.2) is 12.1 Å². The van der Waals surface area contributed by atoms with Crippen LogP contribution in [0.15, 0.2) is 42.6 Å². The molecule has 88 valence electrons. The van der Waals surface area contributed by atoms with Gasteiger partial charge in [0.2, 0.25) is 5.88 Å². The molecule has 17 heavy (non-hydrogen) atoms. The van der Waals surface area contributed by atoms with Gasteiger partial charge in [-0.15, -0.1) is 0 Å². The first-order valence-corrected chi connectivity index (χ1v) is 6.23. The maximum absolute atomic E-state index is 5.64. The zero-order valence-corrected chi connectivity index (χ0v) is 11.5. The number of aromatic nitrogens is 1. The summed E-state index contributed by atoms with van der Waals surface area (Å²) in [5.74, 6) is 1.52. The van der Waals surface area contributed by atoms with Crippen LogP contribution in [0.5, 0.6) is 11.6 Å². The number of methoxy groups -OCH3 is 1. The van der Waals surface area contributed by atoms with Gasteiger partial charge in [0.15, 0.2) is 0 Å². The molecule has 0 fully saturated rings. The molecule has 2 rings (SSSR count). The van der Waals surface area contributed by atoms with Crippen LogP contribution in [0.25, 0.3) is 0 Å². The Kier molecular flexibility index (Phi) is 4.19. The van der Waals surface area contributed by atoms with E-state index in [1.54, 1.807) is 13.3 Å². The first-order valence-electron chi connectivity index (χ1n) is 5.16. The van der Waals surface area contributed by atoms with Gasteiger partial charge in [-0.25, -0.2) is 4.98 Å². The molecular formula is C13H12INO2. The van der Waals surface area contributed by atoms with Gasteiger partial charge >= 0.3 is 0 Å². The van der Waals surface area contributed by atoms with Gasteiger partial charge in [-0.3, -0.25) is 0 Å². The molecule has 0 amide bonds. The van der Waals surface area contributed by atoms with Crippen LogP contribution >= 0.6 is 22.6 Å². The van der Waals surface area contributed by atoms with Gasteiger partial charge in [0.1, 0.15) is 12.4 Å². The summed E-state index contributed by atoms with van der Waals surface area (Å²) in [6.45, 7) is 0.511. The van der Waals surface area contributed by atoms with Crippen molar-refractivity contribution in [3.05, 3.63) is 51.7 Å². The zero-order valence-electron chi connectivity index (χ0n) is 9.39. The summed E-state index contributed by atoms with van der Waals surface area (Å²) >= 11 is 2.21. The van der Waals surface area contributed by atoms with Gasteiger partial charge in [-0.05, 0) is 52.4 Å². The third-order valence-electron chi connectivity index (χ3n) is 2.26. The summed E-state index contributed by atoms with van der Waals surface area (Å²) in [6.07, 6.45) is 1.73. The lowest BCUT2D eigenvalue weighted by Gasteiger charge is -2.07. The summed E-state index contributed by atoms with van der Waals surface area (Å²) in [5.41, 5.74) is 1.09. The topological polar surface area (TPSA) is 31.4 Å². The third kappa shape index (κ3) is 3.33. The number of hydrogen-bond donors (Lipinski definition) is 0. The molecule has 1 heterocycles. The van der Waals surface area contributed by atoms with Crippen molar-refractivity contribution in [2.75, 3.05) is 7.11 Å². The van der Waals surface area contributed by atoms with Crippen LogP contribution < -0.4 is 9.47 Å². The second-order valence-electron chi connectivity index (χ2n) is 3.43. The molecule has 0 aliphatic carbocycles. The SMILES string of the molecule is COc1ccc(COc2ncccc2I)cc1. The minimum atomic E-state index is 0.511. The van der Waals surface area contributed by atoms with Crippen molar-refractivity contribution in [2.24, 2.45) is 0 Å². The lowest BCUT2D eigenvalue weighted by molar-refractivity contribution is 0.291. The highest BCUT2D eigenvalue weighted by atomic mass is 127. The van der Waals surface area contributed by atoms with Crippen LogP contribution in [0.1, 0.15) is 5.56 Å². The normalized spacial score (nSPS) is 10.0. The summed E-state index contributed by atoms with van der Waals surface area (Å²) in [4.78, 5) is 4.17. The molecule has 0 radical (unpaired) electrons. The molecule has 4 heteroatoms. The lowest BCUT2D eigenvalue weighted by Crippen LogP contribution is -1.98. The van der Waals surface area contributed by atoms with Crippen molar-refractivity contribution in [3.63, 3.8) is 0 Å². The zero-order chi connectivity index (χ0) is 12.1. The number of pyridine rings is 1.